The average Bonchev–Trinajstić information content (AvgIpc) is 2.58. The van der Waals surface area contributed by atoms with Crippen molar-refractivity contribution in [2.75, 3.05) is 5.84 Å². The minimum absolute atomic E-state index is 0.297. The second-order valence-corrected chi connectivity index (χ2v) is 6.91. The maximum atomic E-state index is 11.3. The summed E-state index contributed by atoms with van der Waals surface area (Å²) in [5.41, 5.74) is 0.0899. The standard InChI is InChI=1S/C13H20N4O/c14-17-11(15-16-12(17)18)7-13-4-8-1-9(5-13)3-10(2-8)6-13/h8-10H,1-7,14H2,(H,16,18). The van der Waals surface area contributed by atoms with Crippen molar-refractivity contribution in [1.82, 2.24) is 14.9 Å². The average molecular weight is 248 g/mol. The molecule has 1 aromatic heterocycles. The zero-order valence-electron chi connectivity index (χ0n) is 10.6. The Kier molecular flexibility index (Phi) is 2.01. The highest BCUT2D eigenvalue weighted by molar-refractivity contribution is 5.05. The minimum Gasteiger partial charge on any atom is -0.333 e. The molecule has 0 atom stereocenters. The lowest BCUT2D eigenvalue weighted by Gasteiger charge is -2.56. The smallest absolute Gasteiger partial charge is 0.333 e. The van der Waals surface area contributed by atoms with Crippen molar-refractivity contribution in [3.05, 3.63) is 16.3 Å². The van der Waals surface area contributed by atoms with Gasteiger partial charge in [-0.15, -0.1) is 0 Å². The van der Waals surface area contributed by atoms with Crippen molar-refractivity contribution < 1.29 is 0 Å². The summed E-state index contributed by atoms with van der Waals surface area (Å²) in [6.07, 6.45) is 9.16. The quantitative estimate of drug-likeness (QED) is 0.768. The van der Waals surface area contributed by atoms with Gasteiger partial charge in [-0.05, 0) is 61.7 Å². The number of H-pyrrole nitrogens is 1. The molecular formula is C13H20N4O. The van der Waals surface area contributed by atoms with E-state index in [2.05, 4.69) is 10.2 Å². The first-order valence-electron chi connectivity index (χ1n) is 7.05. The van der Waals surface area contributed by atoms with Gasteiger partial charge >= 0.3 is 5.69 Å². The molecular weight excluding hydrogens is 228 g/mol. The summed E-state index contributed by atoms with van der Waals surface area (Å²) < 4.78 is 1.19. The van der Waals surface area contributed by atoms with Crippen molar-refractivity contribution in [2.24, 2.45) is 23.2 Å². The highest BCUT2D eigenvalue weighted by Gasteiger charge is 2.51. The van der Waals surface area contributed by atoms with E-state index < -0.39 is 0 Å². The minimum atomic E-state index is -0.297. The van der Waals surface area contributed by atoms with Gasteiger partial charge in [0.05, 0.1) is 0 Å². The van der Waals surface area contributed by atoms with Crippen LogP contribution in [0.4, 0.5) is 0 Å². The Morgan fingerprint density at radius 3 is 2.22 bits per heavy atom. The molecule has 4 saturated carbocycles. The maximum Gasteiger partial charge on any atom is 0.361 e. The van der Waals surface area contributed by atoms with Gasteiger partial charge in [-0.2, -0.15) is 9.77 Å². The summed E-state index contributed by atoms with van der Waals surface area (Å²) in [7, 11) is 0. The summed E-state index contributed by atoms with van der Waals surface area (Å²) >= 11 is 0. The van der Waals surface area contributed by atoms with E-state index in [1.807, 2.05) is 0 Å². The molecule has 1 aromatic rings. The van der Waals surface area contributed by atoms with Gasteiger partial charge in [-0.1, -0.05) is 0 Å². The molecule has 0 unspecified atom stereocenters. The third-order valence-electron chi connectivity index (χ3n) is 5.48. The van der Waals surface area contributed by atoms with Gasteiger partial charge in [0.2, 0.25) is 0 Å². The molecule has 18 heavy (non-hydrogen) atoms. The van der Waals surface area contributed by atoms with Gasteiger partial charge in [0, 0.05) is 6.42 Å². The molecule has 5 heteroatoms. The second kappa shape index (κ2) is 3.39. The third-order valence-corrected chi connectivity index (χ3v) is 5.48. The number of rotatable bonds is 2. The van der Waals surface area contributed by atoms with Crippen LogP contribution in [0.1, 0.15) is 44.3 Å². The van der Waals surface area contributed by atoms with Gasteiger partial charge in [0.15, 0.2) is 5.82 Å². The van der Waals surface area contributed by atoms with Crippen molar-refractivity contribution in [3.63, 3.8) is 0 Å². The number of hydrogen-bond donors (Lipinski definition) is 2. The number of nitrogens with one attached hydrogen (secondary N) is 1. The molecule has 0 amide bonds. The lowest BCUT2D eigenvalue weighted by atomic mass is 9.49. The topological polar surface area (TPSA) is 76.7 Å². The van der Waals surface area contributed by atoms with Gasteiger partial charge in [-0.25, -0.2) is 9.89 Å². The van der Waals surface area contributed by atoms with Crippen LogP contribution in [-0.2, 0) is 6.42 Å². The number of nitrogens with two attached hydrogens (primary N) is 1. The maximum absolute atomic E-state index is 11.3. The summed E-state index contributed by atoms with van der Waals surface area (Å²) in [5.74, 6) is 9.25. The van der Waals surface area contributed by atoms with Crippen LogP contribution < -0.4 is 11.5 Å². The van der Waals surface area contributed by atoms with Gasteiger partial charge in [-0.3, -0.25) is 0 Å². The van der Waals surface area contributed by atoms with Crippen molar-refractivity contribution >= 4 is 0 Å². The van der Waals surface area contributed by atoms with E-state index >= 15 is 0 Å². The van der Waals surface area contributed by atoms with E-state index in [4.69, 9.17) is 5.84 Å². The Balaban J connectivity index is 1.64. The van der Waals surface area contributed by atoms with Crippen LogP contribution in [0.3, 0.4) is 0 Å². The predicted octanol–water partition coefficient (Wildman–Crippen LogP) is 1.04. The number of aromatic nitrogens is 3. The molecule has 5 nitrogen and oxygen atoms in total. The monoisotopic (exact) mass is 248 g/mol. The number of nitrogen functional groups attached to an aromatic ring is 1. The normalized spacial score (nSPS) is 41.4. The fourth-order valence-corrected chi connectivity index (χ4v) is 5.30. The lowest BCUT2D eigenvalue weighted by molar-refractivity contribution is -0.0534. The third kappa shape index (κ3) is 1.45. The Morgan fingerprint density at radius 2 is 1.78 bits per heavy atom. The van der Waals surface area contributed by atoms with Gasteiger partial charge in [0.1, 0.15) is 0 Å². The Hall–Kier alpha value is -1.26. The molecule has 0 radical (unpaired) electrons. The summed E-state index contributed by atoms with van der Waals surface area (Å²) in [6, 6.07) is 0. The van der Waals surface area contributed by atoms with E-state index in [1.165, 1.54) is 43.2 Å². The highest BCUT2D eigenvalue weighted by Crippen LogP contribution is 2.60. The molecule has 5 rings (SSSR count). The van der Waals surface area contributed by atoms with Crippen LogP contribution in [0, 0.1) is 23.2 Å². The first kappa shape index (κ1) is 10.6. The van der Waals surface area contributed by atoms with Crippen LogP contribution in [0.25, 0.3) is 0 Å². The van der Waals surface area contributed by atoms with Crippen LogP contribution >= 0.6 is 0 Å². The van der Waals surface area contributed by atoms with E-state index in [-0.39, 0.29) is 5.69 Å². The first-order valence-corrected chi connectivity index (χ1v) is 7.05. The van der Waals surface area contributed by atoms with E-state index in [0.717, 1.165) is 30.0 Å². The Bertz CT molecular complexity index is 494. The summed E-state index contributed by atoms with van der Waals surface area (Å²) in [5, 5.41) is 6.54. The fourth-order valence-electron chi connectivity index (χ4n) is 5.30. The van der Waals surface area contributed by atoms with Crippen LogP contribution in [-0.4, -0.2) is 14.9 Å². The molecule has 3 N–H and O–H groups in total. The lowest BCUT2D eigenvalue weighted by Crippen LogP contribution is -2.47. The highest BCUT2D eigenvalue weighted by atomic mass is 16.2. The SMILES string of the molecule is Nn1c(CC23CC4CC(CC(C4)C2)C3)n[nH]c1=O. The number of aromatic amines is 1. The molecule has 0 aromatic carbocycles. The van der Waals surface area contributed by atoms with E-state index in [9.17, 15) is 4.79 Å². The van der Waals surface area contributed by atoms with Gasteiger partial charge < -0.3 is 5.84 Å². The molecule has 0 spiro atoms. The van der Waals surface area contributed by atoms with Crippen molar-refractivity contribution in [2.45, 2.75) is 44.9 Å². The van der Waals surface area contributed by atoms with E-state index in [0.29, 0.717) is 5.41 Å². The largest absolute Gasteiger partial charge is 0.361 e. The summed E-state index contributed by atoms with van der Waals surface area (Å²) in [4.78, 5) is 11.3. The first-order chi connectivity index (χ1) is 8.63. The van der Waals surface area contributed by atoms with E-state index in [1.54, 1.807) is 0 Å². The molecule has 0 aliphatic heterocycles. The molecule has 4 fully saturated rings. The molecule has 98 valence electrons. The molecule has 1 heterocycles. The number of nitrogens with zero attached hydrogens (tertiary/aromatic N) is 2. The second-order valence-electron chi connectivity index (χ2n) is 6.91. The zero-order chi connectivity index (χ0) is 12.3. The van der Waals surface area contributed by atoms with Gasteiger partial charge in [0.25, 0.3) is 0 Å². The van der Waals surface area contributed by atoms with Crippen LogP contribution in [0.2, 0.25) is 0 Å². The molecule has 4 aliphatic carbocycles. The Morgan fingerprint density at radius 1 is 1.22 bits per heavy atom. The molecule has 4 aliphatic rings. The van der Waals surface area contributed by atoms with Crippen molar-refractivity contribution in [1.29, 1.82) is 0 Å². The van der Waals surface area contributed by atoms with Crippen LogP contribution in [0.5, 0.6) is 0 Å². The Labute approximate surface area is 106 Å². The van der Waals surface area contributed by atoms with Crippen molar-refractivity contribution in [3.8, 4) is 0 Å². The zero-order valence-corrected chi connectivity index (χ0v) is 10.6. The summed E-state index contributed by atoms with van der Waals surface area (Å²) in [6.45, 7) is 0. The van der Waals surface area contributed by atoms with Crippen LogP contribution in [0.15, 0.2) is 4.79 Å². The predicted molar refractivity (Wildman–Crippen MR) is 67.3 cm³/mol. The fraction of sp³-hybridized carbons (Fsp3) is 0.846. The molecule has 4 bridgehead atoms. The molecule has 0 saturated heterocycles. The number of hydrogen-bond acceptors (Lipinski definition) is 3.